The van der Waals surface area contributed by atoms with Gasteiger partial charge >= 0.3 is 0 Å². The normalized spacial score (nSPS) is 19.5. The van der Waals surface area contributed by atoms with Gasteiger partial charge in [0, 0.05) is 57.6 Å². The van der Waals surface area contributed by atoms with Crippen molar-refractivity contribution in [3.05, 3.63) is 48.3 Å². The number of hydrogen-bond donors (Lipinski definition) is 1. The van der Waals surface area contributed by atoms with Gasteiger partial charge in [0.05, 0.1) is 29.7 Å². The van der Waals surface area contributed by atoms with E-state index in [1.807, 2.05) is 6.07 Å². The highest BCUT2D eigenvalue weighted by atomic mass is 32.2. The molecule has 0 bridgehead atoms. The van der Waals surface area contributed by atoms with Crippen molar-refractivity contribution < 1.29 is 17.9 Å². The Labute approximate surface area is 223 Å². The van der Waals surface area contributed by atoms with E-state index in [0.717, 1.165) is 29.6 Å². The monoisotopic (exact) mass is 538 g/mol. The van der Waals surface area contributed by atoms with Gasteiger partial charge < -0.3 is 15.0 Å². The third kappa shape index (κ3) is 5.79. The SMILES string of the molecule is CCS(=O)(=O)N1CCC(c2ccc(-c3cc4nccnc4c(NC[C@@H]4CN(C(C)=O)CCO4)n3)cc2)CC1. The van der Waals surface area contributed by atoms with Crippen LogP contribution in [-0.2, 0) is 19.6 Å². The molecule has 11 heteroatoms. The molecule has 4 heterocycles. The molecule has 5 rings (SSSR count). The van der Waals surface area contributed by atoms with Crippen molar-refractivity contribution in [2.75, 3.05) is 50.4 Å². The molecule has 1 atom stereocenters. The average molecular weight is 539 g/mol. The van der Waals surface area contributed by atoms with Crippen molar-refractivity contribution in [3.8, 4) is 11.3 Å². The number of piperidine rings is 1. The highest BCUT2D eigenvalue weighted by Crippen LogP contribution is 2.32. The first-order chi connectivity index (χ1) is 18.3. The van der Waals surface area contributed by atoms with Gasteiger partial charge in [0.25, 0.3) is 0 Å². The van der Waals surface area contributed by atoms with Crippen molar-refractivity contribution in [2.24, 2.45) is 0 Å². The first kappa shape index (κ1) is 26.5. The summed E-state index contributed by atoms with van der Waals surface area (Å²) in [5, 5.41) is 3.38. The molecular weight excluding hydrogens is 504 g/mol. The second kappa shape index (κ2) is 11.3. The summed E-state index contributed by atoms with van der Waals surface area (Å²) in [4.78, 5) is 27.4. The number of ether oxygens (including phenoxy) is 1. The van der Waals surface area contributed by atoms with E-state index < -0.39 is 10.0 Å². The predicted molar refractivity (Wildman–Crippen MR) is 146 cm³/mol. The zero-order valence-corrected chi connectivity index (χ0v) is 22.7. The molecule has 0 unspecified atom stereocenters. The number of benzene rings is 1. The molecule has 3 aromatic rings. The van der Waals surface area contributed by atoms with Gasteiger partial charge in [0.1, 0.15) is 5.52 Å². The fourth-order valence-electron chi connectivity index (χ4n) is 5.16. The highest BCUT2D eigenvalue weighted by Gasteiger charge is 2.27. The standard InChI is InChI=1S/C27H34N6O4S/c1-3-38(35,36)33-12-8-21(9-13-33)20-4-6-22(7-5-20)24-16-25-26(29-11-10-28-25)27(31-24)30-17-23-18-32(19(2)34)14-15-37-23/h4-7,10-11,16,21,23H,3,8-9,12-15,17-18H2,1-2H3,(H,30,31)/t23-/m1/s1. The second-order valence-corrected chi connectivity index (χ2v) is 12.1. The number of pyridine rings is 1. The molecule has 202 valence electrons. The molecule has 1 amide bonds. The lowest BCUT2D eigenvalue weighted by atomic mass is 9.89. The predicted octanol–water partition coefficient (Wildman–Crippen LogP) is 2.88. The number of rotatable bonds is 7. The zero-order valence-electron chi connectivity index (χ0n) is 21.8. The van der Waals surface area contributed by atoms with Crippen LogP contribution in [0.15, 0.2) is 42.7 Å². The van der Waals surface area contributed by atoms with Gasteiger partial charge in [-0.1, -0.05) is 24.3 Å². The molecule has 0 radical (unpaired) electrons. The molecule has 38 heavy (non-hydrogen) atoms. The van der Waals surface area contributed by atoms with E-state index in [1.54, 1.807) is 35.4 Å². The molecule has 2 saturated heterocycles. The minimum atomic E-state index is -3.13. The van der Waals surface area contributed by atoms with Gasteiger partial charge in [-0.2, -0.15) is 0 Å². The first-order valence-corrected chi connectivity index (χ1v) is 14.8. The van der Waals surface area contributed by atoms with Crippen molar-refractivity contribution in [2.45, 2.75) is 38.7 Å². The molecule has 2 aromatic heterocycles. The fraction of sp³-hybridized carbons (Fsp3) is 0.481. The van der Waals surface area contributed by atoms with Crippen LogP contribution >= 0.6 is 0 Å². The smallest absolute Gasteiger partial charge is 0.219 e. The minimum Gasteiger partial charge on any atom is -0.373 e. The Kier molecular flexibility index (Phi) is 7.87. The third-order valence-corrected chi connectivity index (χ3v) is 9.31. The van der Waals surface area contributed by atoms with Gasteiger partial charge in [-0.15, -0.1) is 0 Å². The van der Waals surface area contributed by atoms with Gasteiger partial charge in [-0.05, 0) is 37.3 Å². The van der Waals surface area contributed by atoms with Crippen LogP contribution in [0.5, 0.6) is 0 Å². The largest absolute Gasteiger partial charge is 0.373 e. The molecule has 0 spiro atoms. The number of amides is 1. The summed E-state index contributed by atoms with van der Waals surface area (Å²) in [5.74, 6) is 1.17. The maximum Gasteiger partial charge on any atom is 0.219 e. The number of nitrogens with zero attached hydrogens (tertiary/aromatic N) is 5. The molecule has 2 aliphatic rings. The van der Waals surface area contributed by atoms with Crippen LogP contribution in [0.2, 0.25) is 0 Å². The molecular formula is C27H34N6O4S. The molecule has 2 aliphatic heterocycles. The second-order valence-electron chi connectivity index (χ2n) is 9.81. The van der Waals surface area contributed by atoms with E-state index in [2.05, 4.69) is 39.6 Å². The van der Waals surface area contributed by atoms with Gasteiger partial charge in [-0.3, -0.25) is 9.78 Å². The summed E-state index contributed by atoms with van der Waals surface area (Å²) < 4.78 is 31.8. The topological polar surface area (TPSA) is 118 Å². The summed E-state index contributed by atoms with van der Waals surface area (Å²) in [7, 11) is -3.13. The molecule has 0 saturated carbocycles. The molecule has 2 fully saturated rings. The van der Waals surface area contributed by atoms with Crippen LogP contribution in [0.3, 0.4) is 0 Å². The van der Waals surface area contributed by atoms with E-state index in [-0.39, 0.29) is 17.8 Å². The number of anilines is 1. The number of carbonyl (C=O) groups excluding carboxylic acids is 1. The van der Waals surface area contributed by atoms with Gasteiger partial charge in [0.2, 0.25) is 15.9 Å². The Morgan fingerprint density at radius 1 is 1.11 bits per heavy atom. The summed E-state index contributed by atoms with van der Waals surface area (Å²) >= 11 is 0. The van der Waals surface area contributed by atoms with Crippen LogP contribution in [-0.4, -0.2) is 89.7 Å². The maximum absolute atomic E-state index is 12.2. The number of fused-ring (bicyclic) bond motifs is 1. The molecule has 0 aliphatic carbocycles. The lowest BCUT2D eigenvalue weighted by Gasteiger charge is -2.32. The zero-order chi connectivity index (χ0) is 26.7. The Morgan fingerprint density at radius 2 is 1.84 bits per heavy atom. The van der Waals surface area contributed by atoms with E-state index in [4.69, 9.17) is 9.72 Å². The summed E-state index contributed by atoms with van der Waals surface area (Å²) in [5.41, 5.74) is 4.38. The molecule has 1 aromatic carbocycles. The van der Waals surface area contributed by atoms with E-state index in [0.29, 0.717) is 56.6 Å². The lowest BCUT2D eigenvalue weighted by Crippen LogP contribution is -2.47. The van der Waals surface area contributed by atoms with Crippen molar-refractivity contribution >= 4 is 32.8 Å². The molecule has 1 N–H and O–H groups in total. The Balaban J connectivity index is 1.31. The van der Waals surface area contributed by atoms with E-state index in [1.165, 1.54) is 5.56 Å². The number of morpholine rings is 1. The van der Waals surface area contributed by atoms with Crippen LogP contribution in [0.4, 0.5) is 5.82 Å². The number of aromatic nitrogens is 3. The Bertz CT molecular complexity index is 1390. The fourth-order valence-corrected chi connectivity index (χ4v) is 6.29. The first-order valence-electron chi connectivity index (χ1n) is 13.1. The summed E-state index contributed by atoms with van der Waals surface area (Å²) in [6, 6.07) is 10.3. The number of nitrogens with one attached hydrogen (secondary N) is 1. The number of hydrogen-bond acceptors (Lipinski definition) is 8. The van der Waals surface area contributed by atoms with Crippen LogP contribution in [0, 0.1) is 0 Å². The highest BCUT2D eigenvalue weighted by molar-refractivity contribution is 7.89. The van der Waals surface area contributed by atoms with Crippen LogP contribution < -0.4 is 5.32 Å². The van der Waals surface area contributed by atoms with Crippen LogP contribution in [0.1, 0.15) is 38.2 Å². The number of sulfonamides is 1. The summed E-state index contributed by atoms with van der Waals surface area (Å²) in [6.07, 6.45) is 4.82. The van der Waals surface area contributed by atoms with Crippen molar-refractivity contribution in [1.82, 2.24) is 24.2 Å². The Morgan fingerprint density at radius 3 is 2.55 bits per heavy atom. The van der Waals surface area contributed by atoms with Crippen LogP contribution in [0.25, 0.3) is 22.3 Å². The molecule has 10 nitrogen and oxygen atoms in total. The third-order valence-electron chi connectivity index (χ3n) is 7.43. The van der Waals surface area contributed by atoms with E-state index >= 15 is 0 Å². The van der Waals surface area contributed by atoms with E-state index in [9.17, 15) is 13.2 Å². The summed E-state index contributed by atoms with van der Waals surface area (Å²) in [6.45, 7) is 6.57. The van der Waals surface area contributed by atoms with Gasteiger partial charge in [-0.25, -0.2) is 22.7 Å². The lowest BCUT2D eigenvalue weighted by molar-refractivity contribution is -0.135. The number of carbonyl (C=O) groups is 1. The minimum absolute atomic E-state index is 0.0507. The maximum atomic E-state index is 12.2. The van der Waals surface area contributed by atoms with Crippen molar-refractivity contribution in [3.63, 3.8) is 0 Å². The Hall–Kier alpha value is -3.15. The van der Waals surface area contributed by atoms with Crippen molar-refractivity contribution in [1.29, 1.82) is 0 Å². The quantitative estimate of drug-likeness (QED) is 0.488. The van der Waals surface area contributed by atoms with Gasteiger partial charge in [0.15, 0.2) is 5.82 Å². The average Bonchev–Trinajstić information content (AvgIpc) is 2.96.